The average Bonchev–Trinajstić information content (AvgIpc) is 2.78. The van der Waals surface area contributed by atoms with Gasteiger partial charge in [-0.2, -0.15) is 0 Å². The molecule has 2 rings (SSSR count). The Morgan fingerprint density at radius 2 is 2.00 bits per heavy atom. The van der Waals surface area contributed by atoms with E-state index in [0.29, 0.717) is 0 Å². The summed E-state index contributed by atoms with van der Waals surface area (Å²) in [7, 11) is 1.96. The zero-order valence-corrected chi connectivity index (χ0v) is 10.1. The van der Waals surface area contributed by atoms with Crippen molar-refractivity contribution in [2.24, 2.45) is 5.73 Å². The predicted octanol–water partition coefficient (Wildman–Crippen LogP) is 2.52. The van der Waals surface area contributed by atoms with Gasteiger partial charge in [-0.1, -0.05) is 30.3 Å². The maximum Gasteiger partial charge on any atom is 0.0563 e. The average molecular weight is 232 g/mol. The van der Waals surface area contributed by atoms with Crippen LogP contribution >= 0.6 is 11.3 Å². The Kier molecular flexibility index (Phi) is 3.72. The highest BCUT2D eigenvalue weighted by atomic mass is 32.1. The first-order valence-corrected chi connectivity index (χ1v) is 6.22. The van der Waals surface area contributed by atoms with E-state index >= 15 is 0 Å². The van der Waals surface area contributed by atoms with Gasteiger partial charge in [0.05, 0.1) is 6.04 Å². The second-order valence-corrected chi connectivity index (χ2v) is 4.72. The first-order chi connectivity index (χ1) is 7.83. The zero-order chi connectivity index (χ0) is 11.4. The van der Waals surface area contributed by atoms with Crippen molar-refractivity contribution >= 4 is 11.3 Å². The lowest BCUT2D eigenvalue weighted by Crippen LogP contribution is -2.14. The van der Waals surface area contributed by atoms with Gasteiger partial charge in [0.2, 0.25) is 0 Å². The molecule has 1 heterocycles. The number of benzene rings is 1. The van der Waals surface area contributed by atoms with Crippen molar-refractivity contribution in [3.63, 3.8) is 0 Å². The third-order valence-electron chi connectivity index (χ3n) is 2.61. The van der Waals surface area contributed by atoms with Gasteiger partial charge in [-0.25, -0.2) is 0 Å². The van der Waals surface area contributed by atoms with Crippen LogP contribution in [0.4, 0.5) is 0 Å². The van der Waals surface area contributed by atoms with Crippen LogP contribution in [-0.2, 0) is 6.54 Å². The second-order valence-electron chi connectivity index (χ2n) is 3.72. The largest absolute Gasteiger partial charge is 0.320 e. The van der Waals surface area contributed by atoms with E-state index in [4.69, 9.17) is 5.73 Å². The van der Waals surface area contributed by atoms with E-state index < -0.39 is 0 Å². The van der Waals surface area contributed by atoms with Gasteiger partial charge in [0, 0.05) is 11.4 Å². The van der Waals surface area contributed by atoms with Crippen LogP contribution in [0.3, 0.4) is 0 Å². The monoisotopic (exact) mass is 232 g/mol. The SMILES string of the molecule is CNCc1sccc1C(N)c1ccccc1. The molecular weight excluding hydrogens is 216 g/mol. The second kappa shape index (κ2) is 5.25. The van der Waals surface area contributed by atoms with Crippen molar-refractivity contribution in [2.75, 3.05) is 7.05 Å². The fourth-order valence-electron chi connectivity index (χ4n) is 1.77. The predicted molar refractivity (Wildman–Crippen MR) is 69.6 cm³/mol. The summed E-state index contributed by atoms with van der Waals surface area (Å²) < 4.78 is 0. The van der Waals surface area contributed by atoms with Crippen LogP contribution in [0.5, 0.6) is 0 Å². The number of thiophene rings is 1. The van der Waals surface area contributed by atoms with Crippen LogP contribution in [-0.4, -0.2) is 7.05 Å². The summed E-state index contributed by atoms with van der Waals surface area (Å²) in [6, 6.07) is 12.3. The normalized spacial score (nSPS) is 12.6. The van der Waals surface area contributed by atoms with Crippen LogP contribution in [0.2, 0.25) is 0 Å². The van der Waals surface area contributed by atoms with Gasteiger partial charge >= 0.3 is 0 Å². The van der Waals surface area contributed by atoms with Crippen molar-refractivity contribution in [1.29, 1.82) is 0 Å². The highest BCUT2D eigenvalue weighted by molar-refractivity contribution is 7.10. The molecule has 2 aromatic rings. The van der Waals surface area contributed by atoms with E-state index in [-0.39, 0.29) is 6.04 Å². The summed E-state index contributed by atoms with van der Waals surface area (Å²) in [6.07, 6.45) is 0. The Bertz CT molecular complexity index is 436. The molecule has 1 atom stereocenters. The minimum Gasteiger partial charge on any atom is -0.320 e. The summed E-state index contributed by atoms with van der Waals surface area (Å²) in [5, 5.41) is 5.27. The van der Waals surface area contributed by atoms with Crippen LogP contribution in [0.15, 0.2) is 41.8 Å². The molecule has 0 saturated carbocycles. The van der Waals surface area contributed by atoms with Crippen LogP contribution < -0.4 is 11.1 Å². The first kappa shape index (κ1) is 11.3. The summed E-state index contributed by atoms with van der Waals surface area (Å²) in [5.41, 5.74) is 8.66. The van der Waals surface area contributed by atoms with Crippen molar-refractivity contribution in [3.8, 4) is 0 Å². The minimum atomic E-state index is -0.0178. The molecule has 84 valence electrons. The molecule has 3 heteroatoms. The lowest BCUT2D eigenvalue weighted by atomic mass is 10.0. The van der Waals surface area contributed by atoms with Crippen LogP contribution in [0, 0.1) is 0 Å². The standard InChI is InChI=1S/C13H16N2S/c1-15-9-12-11(7-8-16-12)13(14)10-5-3-2-4-6-10/h2-8,13,15H,9,14H2,1H3. The quantitative estimate of drug-likeness (QED) is 0.850. The highest BCUT2D eigenvalue weighted by Crippen LogP contribution is 2.26. The minimum absolute atomic E-state index is 0.0178. The van der Waals surface area contributed by atoms with Crippen molar-refractivity contribution in [3.05, 3.63) is 57.8 Å². The zero-order valence-electron chi connectivity index (χ0n) is 9.31. The molecule has 0 amide bonds. The molecule has 16 heavy (non-hydrogen) atoms. The fourth-order valence-corrected chi connectivity index (χ4v) is 2.71. The highest BCUT2D eigenvalue weighted by Gasteiger charge is 2.13. The molecule has 0 aliphatic rings. The Labute approximate surface area is 100 Å². The third-order valence-corrected chi connectivity index (χ3v) is 3.55. The van der Waals surface area contributed by atoms with E-state index in [0.717, 1.165) is 6.54 Å². The molecule has 0 aliphatic heterocycles. The van der Waals surface area contributed by atoms with Gasteiger partial charge < -0.3 is 11.1 Å². The summed E-state index contributed by atoms with van der Waals surface area (Å²) in [5.74, 6) is 0. The van der Waals surface area contributed by atoms with E-state index in [2.05, 4.69) is 28.9 Å². The Balaban J connectivity index is 2.27. The molecule has 0 fully saturated rings. The maximum atomic E-state index is 6.27. The molecule has 1 aromatic heterocycles. The van der Waals surface area contributed by atoms with Gasteiger partial charge in [-0.3, -0.25) is 0 Å². The van der Waals surface area contributed by atoms with Crippen molar-refractivity contribution in [1.82, 2.24) is 5.32 Å². The third kappa shape index (κ3) is 2.32. The smallest absolute Gasteiger partial charge is 0.0563 e. The van der Waals surface area contributed by atoms with Crippen LogP contribution in [0.1, 0.15) is 22.0 Å². The van der Waals surface area contributed by atoms with E-state index in [1.54, 1.807) is 11.3 Å². The van der Waals surface area contributed by atoms with Crippen molar-refractivity contribution < 1.29 is 0 Å². The Hall–Kier alpha value is -1.16. The topological polar surface area (TPSA) is 38.0 Å². The molecule has 2 nitrogen and oxygen atoms in total. The Morgan fingerprint density at radius 1 is 1.25 bits per heavy atom. The van der Waals surface area contributed by atoms with E-state index in [1.807, 2.05) is 25.2 Å². The number of rotatable bonds is 4. The summed E-state index contributed by atoms with van der Waals surface area (Å²) >= 11 is 1.75. The number of hydrogen-bond donors (Lipinski definition) is 2. The van der Waals surface area contributed by atoms with Crippen LogP contribution in [0.25, 0.3) is 0 Å². The number of hydrogen-bond acceptors (Lipinski definition) is 3. The van der Waals surface area contributed by atoms with E-state index in [9.17, 15) is 0 Å². The molecule has 3 N–H and O–H groups in total. The van der Waals surface area contributed by atoms with Gasteiger partial charge in [0.1, 0.15) is 0 Å². The number of nitrogens with one attached hydrogen (secondary N) is 1. The molecule has 0 aliphatic carbocycles. The summed E-state index contributed by atoms with van der Waals surface area (Å²) in [6.45, 7) is 0.882. The lowest BCUT2D eigenvalue weighted by molar-refractivity contribution is 0.794. The van der Waals surface area contributed by atoms with Gasteiger partial charge in [0.15, 0.2) is 0 Å². The molecule has 0 spiro atoms. The Morgan fingerprint density at radius 3 is 2.69 bits per heavy atom. The number of nitrogens with two attached hydrogens (primary N) is 1. The lowest BCUT2D eigenvalue weighted by Gasteiger charge is -2.13. The molecular formula is C13H16N2S. The van der Waals surface area contributed by atoms with Gasteiger partial charge in [0.25, 0.3) is 0 Å². The molecule has 0 radical (unpaired) electrons. The summed E-state index contributed by atoms with van der Waals surface area (Å²) in [4.78, 5) is 1.32. The van der Waals surface area contributed by atoms with Gasteiger partial charge in [-0.15, -0.1) is 11.3 Å². The molecule has 1 unspecified atom stereocenters. The molecule has 0 saturated heterocycles. The fraction of sp³-hybridized carbons (Fsp3) is 0.231. The molecule has 0 bridgehead atoms. The first-order valence-electron chi connectivity index (χ1n) is 5.34. The molecule has 1 aromatic carbocycles. The van der Waals surface area contributed by atoms with E-state index in [1.165, 1.54) is 16.0 Å². The van der Waals surface area contributed by atoms with Crippen molar-refractivity contribution in [2.45, 2.75) is 12.6 Å². The maximum absolute atomic E-state index is 6.27. The van der Waals surface area contributed by atoms with Gasteiger partial charge in [-0.05, 0) is 29.6 Å².